The second-order valence-electron chi connectivity index (χ2n) is 5.85. The molecule has 0 bridgehead atoms. The monoisotopic (exact) mass is 341 g/mol. The van der Waals surface area contributed by atoms with Crippen LogP contribution in [-0.2, 0) is 0 Å². The summed E-state index contributed by atoms with van der Waals surface area (Å²) in [6, 6.07) is 16.0. The van der Waals surface area contributed by atoms with E-state index in [-0.39, 0.29) is 11.2 Å². The lowest BCUT2D eigenvalue weighted by Gasteiger charge is -2.16. The Bertz CT molecular complexity index is 1250. The van der Waals surface area contributed by atoms with E-state index >= 15 is 0 Å². The third-order valence-corrected chi connectivity index (χ3v) is 4.25. The standard InChI is InChI=1S/C21H11NO4/c22-10-12-1-4-16(13(7-12)11-23)21-17-5-2-14(24)8-19(17)26-20-9-15(25)3-6-18(20)21/h1-9,11,24H. The molecule has 0 saturated heterocycles. The van der Waals surface area contributed by atoms with Gasteiger partial charge in [0.05, 0.1) is 11.6 Å². The topological polar surface area (TPSA) is 91.3 Å². The van der Waals surface area contributed by atoms with Gasteiger partial charge in [0, 0.05) is 34.2 Å². The van der Waals surface area contributed by atoms with Crippen molar-refractivity contribution in [2.24, 2.45) is 0 Å². The molecule has 1 aliphatic carbocycles. The molecule has 0 aromatic heterocycles. The fraction of sp³-hybridized carbons (Fsp3) is 0. The number of rotatable bonds is 2. The Kier molecular flexibility index (Phi) is 3.52. The van der Waals surface area contributed by atoms with Crippen LogP contribution in [0.1, 0.15) is 15.9 Å². The van der Waals surface area contributed by atoms with Gasteiger partial charge in [0.2, 0.25) is 0 Å². The number of aromatic hydroxyl groups is 1. The number of nitrogens with zero attached hydrogens (tertiary/aromatic N) is 1. The molecule has 5 nitrogen and oxygen atoms in total. The number of phenols is 1. The summed E-state index contributed by atoms with van der Waals surface area (Å²) in [6.07, 6.45) is 0.695. The largest absolute Gasteiger partial charge is 0.508 e. The highest BCUT2D eigenvalue weighted by Crippen LogP contribution is 2.41. The molecule has 0 atom stereocenters. The van der Waals surface area contributed by atoms with Gasteiger partial charge in [0.1, 0.15) is 17.1 Å². The van der Waals surface area contributed by atoms with Gasteiger partial charge >= 0.3 is 0 Å². The number of phenolic OH excluding ortho intramolecular Hbond substituents is 1. The molecule has 2 aromatic carbocycles. The number of fused-ring (bicyclic) bond motifs is 2. The van der Waals surface area contributed by atoms with Crippen LogP contribution in [0.2, 0.25) is 0 Å². The van der Waals surface area contributed by atoms with Crippen LogP contribution in [0.15, 0.2) is 63.8 Å². The zero-order valence-electron chi connectivity index (χ0n) is 13.4. The zero-order valence-corrected chi connectivity index (χ0v) is 13.4. The summed E-state index contributed by atoms with van der Waals surface area (Å²) in [4.78, 5) is 23.4. The van der Waals surface area contributed by atoms with Crippen molar-refractivity contribution >= 4 is 17.3 Å². The van der Waals surface area contributed by atoms with Crippen LogP contribution in [0.25, 0.3) is 33.4 Å². The molecule has 2 aliphatic rings. The SMILES string of the molecule is N#Cc1ccc(-c2c3ccc(=O)cc-3oc3cc(O)ccc23)c(C=O)c1. The van der Waals surface area contributed by atoms with Gasteiger partial charge in [-0.25, -0.2) is 0 Å². The third kappa shape index (κ3) is 2.41. The van der Waals surface area contributed by atoms with Gasteiger partial charge in [0.15, 0.2) is 11.7 Å². The lowest BCUT2D eigenvalue weighted by Crippen LogP contribution is -2.00. The van der Waals surface area contributed by atoms with E-state index in [1.165, 1.54) is 30.3 Å². The summed E-state index contributed by atoms with van der Waals surface area (Å²) in [5.41, 5.74) is 2.90. The fourth-order valence-electron chi connectivity index (χ4n) is 3.11. The molecule has 0 unspecified atom stereocenters. The highest BCUT2D eigenvalue weighted by Gasteiger charge is 2.19. The Morgan fingerprint density at radius 3 is 2.58 bits per heavy atom. The average Bonchev–Trinajstić information content (AvgIpc) is 2.65. The first kappa shape index (κ1) is 15.6. The van der Waals surface area contributed by atoms with E-state index in [1.807, 2.05) is 6.07 Å². The minimum atomic E-state index is -0.206. The molecule has 0 amide bonds. The van der Waals surface area contributed by atoms with E-state index in [2.05, 4.69) is 0 Å². The molecule has 26 heavy (non-hydrogen) atoms. The average molecular weight is 341 g/mol. The van der Waals surface area contributed by atoms with Gasteiger partial charge in [-0.05, 0) is 42.0 Å². The van der Waals surface area contributed by atoms with Gasteiger partial charge in [-0.15, -0.1) is 0 Å². The Balaban J connectivity index is 2.19. The first-order valence-corrected chi connectivity index (χ1v) is 7.80. The minimum absolute atomic E-state index is 0.0280. The Morgan fingerprint density at radius 2 is 1.81 bits per heavy atom. The van der Waals surface area contributed by atoms with Crippen LogP contribution < -0.4 is 5.43 Å². The van der Waals surface area contributed by atoms with Crippen molar-refractivity contribution in [1.82, 2.24) is 0 Å². The highest BCUT2D eigenvalue weighted by atomic mass is 16.3. The van der Waals surface area contributed by atoms with Gasteiger partial charge in [0.25, 0.3) is 0 Å². The number of hydrogen-bond acceptors (Lipinski definition) is 5. The van der Waals surface area contributed by atoms with Crippen LogP contribution in [-0.4, -0.2) is 11.4 Å². The van der Waals surface area contributed by atoms with Crippen LogP contribution >= 0.6 is 0 Å². The van der Waals surface area contributed by atoms with E-state index in [1.54, 1.807) is 24.3 Å². The number of nitriles is 1. The number of aldehydes is 1. The van der Waals surface area contributed by atoms with E-state index in [4.69, 9.17) is 9.68 Å². The maximum Gasteiger partial charge on any atom is 0.182 e. The van der Waals surface area contributed by atoms with Crippen molar-refractivity contribution in [2.45, 2.75) is 0 Å². The van der Waals surface area contributed by atoms with E-state index in [0.29, 0.717) is 50.8 Å². The minimum Gasteiger partial charge on any atom is -0.508 e. The summed E-state index contributed by atoms with van der Waals surface area (Å²) >= 11 is 0. The smallest absolute Gasteiger partial charge is 0.182 e. The highest BCUT2D eigenvalue weighted by molar-refractivity contribution is 6.05. The number of carbonyl (C=O) groups excluding carboxylic acids is 1. The Labute approximate surface area is 147 Å². The second kappa shape index (κ2) is 5.87. The summed E-state index contributed by atoms with van der Waals surface area (Å²) in [7, 11) is 0. The summed E-state index contributed by atoms with van der Waals surface area (Å²) in [5.74, 6) is 0.382. The first-order chi connectivity index (χ1) is 12.6. The second-order valence-corrected chi connectivity index (χ2v) is 5.85. The molecule has 1 N–H and O–H groups in total. The van der Waals surface area contributed by atoms with Gasteiger partial charge in [-0.2, -0.15) is 5.26 Å². The van der Waals surface area contributed by atoms with Crippen molar-refractivity contribution in [2.75, 3.05) is 0 Å². The van der Waals surface area contributed by atoms with Crippen LogP contribution in [0.5, 0.6) is 5.75 Å². The molecule has 1 heterocycles. The maximum atomic E-state index is 11.7. The van der Waals surface area contributed by atoms with E-state index in [0.717, 1.165) is 0 Å². The van der Waals surface area contributed by atoms with E-state index in [9.17, 15) is 14.7 Å². The van der Waals surface area contributed by atoms with Gasteiger partial charge in [-0.1, -0.05) is 6.07 Å². The Hall–Kier alpha value is -3.91. The first-order valence-electron chi connectivity index (χ1n) is 7.80. The van der Waals surface area contributed by atoms with Crippen LogP contribution in [0.4, 0.5) is 0 Å². The zero-order chi connectivity index (χ0) is 18.3. The molecule has 4 rings (SSSR count). The van der Waals surface area contributed by atoms with Crippen molar-refractivity contribution in [3.8, 4) is 34.3 Å². The maximum absolute atomic E-state index is 11.7. The summed E-state index contributed by atoms with van der Waals surface area (Å²) in [6.45, 7) is 0. The van der Waals surface area contributed by atoms with Crippen LogP contribution in [0.3, 0.4) is 0 Å². The van der Waals surface area contributed by atoms with Gasteiger partial charge in [-0.3, -0.25) is 9.59 Å². The molecule has 0 radical (unpaired) electrons. The normalized spacial score (nSPS) is 10.7. The predicted molar refractivity (Wildman–Crippen MR) is 96.3 cm³/mol. The van der Waals surface area contributed by atoms with E-state index < -0.39 is 0 Å². The quantitative estimate of drug-likeness (QED) is 0.440. The summed E-state index contributed by atoms with van der Waals surface area (Å²) < 4.78 is 5.79. The molecule has 0 saturated carbocycles. The molecular weight excluding hydrogens is 330 g/mol. The number of hydrogen-bond donors (Lipinski definition) is 1. The van der Waals surface area contributed by atoms with Crippen LogP contribution in [0, 0.1) is 11.3 Å². The molecule has 5 heteroatoms. The van der Waals surface area contributed by atoms with Gasteiger partial charge < -0.3 is 9.52 Å². The molecule has 124 valence electrons. The third-order valence-electron chi connectivity index (χ3n) is 4.25. The van der Waals surface area contributed by atoms with Crippen molar-refractivity contribution in [3.05, 3.63) is 75.9 Å². The van der Waals surface area contributed by atoms with Crippen molar-refractivity contribution in [1.29, 1.82) is 5.26 Å². The van der Waals surface area contributed by atoms with Crippen molar-refractivity contribution < 1.29 is 14.3 Å². The predicted octanol–water partition coefficient (Wildman–Crippen LogP) is 3.95. The molecule has 1 aliphatic heterocycles. The fourth-order valence-corrected chi connectivity index (χ4v) is 3.11. The van der Waals surface area contributed by atoms with Crippen molar-refractivity contribution in [3.63, 3.8) is 0 Å². The molecular formula is C21H11NO4. The lowest BCUT2D eigenvalue weighted by atomic mass is 9.90. The molecule has 0 fully saturated rings. The number of benzene rings is 3. The molecule has 2 aromatic rings. The lowest BCUT2D eigenvalue weighted by molar-refractivity contribution is 0.112. The number of carbonyl (C=O) groups is 1. The summed E-state index contributed by atoms with van der Waals surface area (Å²) in [5, 5.41) is 19.5. The Morgan fingerprint density at radius 1 is 1.00 bits per heavy atom. The molecule has 0 spiro atoms.